The van der Waals surface area contributed by atoms with E-state index in [-0.39, 0.29) is 12.5 Å². The van der Waals surface area contributed by atoms with Crippen molar-refractivity contribution in [1.82, 2.24) is 10.3 Å². The van der Waals surface area contributed by atoms with Gasteiger partial charge in [0.05, 0.1) is 6.54 Å². The summed E-state index contributed by atoms with van der Waals surface area (Å²) in [5.74, 6) is 0.776. The molecule has 1 rings (SSSR count). The highest BCUT2D eigenvalue weighted by atomic mass is 32.1. The summed E-state index contributed by atoms with van der Waals surface area (Å²) in [7, 11) is 0. The molecule has 0 aliphatic rings. The second-order valence-electron chi connectivity index (χ2n) is 4.44. The van der Waals surface area contributed by atoms with Crippen molar-refractivity contribution in [3.8, 4) is 0 Å². The number of nitrogens with zero attached hydrogens (tertiary/aromatic N) is 2. The van der Waals surface area contributed by atoms with Crippen molar-refractivity contribution in [3.05, 3.63) is 16.1 Å². The summed E-state index contributed by atoms with van der Waals surface area (Å²) in [6.45, 7) is 4.92. The van der Waals surface area contributed by atoms with Crippen LogP contribution in [0.2, 0.25) is 0 Å². The van der Waals surface area contributed by atoms with Crippen LogP contribution in [0.4, 0.5) is 13.2 Å². The standard InChI is InChI=1S/C11H17F3N4S/c1-7(2)3-4-16-10(15)17-5-9-18-8(6-19-9)11(12,13)14/h6-7H,3-5H2,1-2H3,(H3,15,16,17). The van der Waals surface area contributed by atoms with Gasteiger partial charge in [-0.05, 0) is 12.3 Å². The number of rotatable bonds is 5. The number of guanidine groups is 1. The van der Waals surface area contributed by atoms with Gasteiger partial charge in [0.15, 0.2) is 11.7 Å². The smallest absolute Gasteiger partial charge is 0.370 e. The molecule has 0 unspecified atom stereocenters. The van der Waals surface area contributed by atoms with Gasteiger partial charge in [0, 0.05) is 11.9 Å². The fourth-order valence-electron chi connectivity index (χ4n) is 1.21. The summed E-state index contributed by atoms with van der Waals surface area (Å²) in [4.78, 5) is 7.42. The summed E-state index contributed by atoms with van der Waals surface area (Å²) in [6.07, 6.45) is -3.45. The SMILES string of the molecule is CC(C)CCNC(N)=NCc1nc(C(F)(F)F)cs1. The number of aromatic nitrogens is 1. The van der Waals surface area contributed by atoms with Crippen LogP contribution in [0, 0.1) is 5.92 Å². The number of aliphatic imine (C=N–C) groups is 1. The first-order valence-electron chi connectivity index (χ1n) is 5.84. The fraction of sp³-hybridized carbons (Fsp3) is 0.636. The Hall–Kier alpha value is -1.31. The van der Waals surface area contributed by atoms with Gasteiger partial charge in [0.25, 0.3) is 0 Å². The van der Waals surface area contributed by atoms with Gasteiger partial charge >= 0.3 is 6.18 Å². The van der Waals surface area contributed by atoms with Gasteiger partial charge in [-0.2, -0.15) is 13.2 Å². The lowest BCUT2D eigenvalue weighted by Gasteiger charge is -2.06. The zero-order chi connectivity index (χ0) is 14.5. The highest BCUT2D eigenvalue weighted by Crippen LogP contribution is 2.30. The monoisotopic (exact) mass is 294 g/mol. The third-order valence-electron chi connectivity index (χ3n) is 2.25. The van der Waals surface area contributed by atoms with Crippen molar-refractivity contribution >= 4 is 17.3 Å². The molecule has 1 heterocycles. The van der Waals surface area contributed by atoms with Gasteiger partial charge in [-0.25, -0.2) is 9.98 Å². The minimum Gasteiger partial charge on any atom is -0.370 e. The van der Waals surface area contributed by atoms with E-state index in [0.717, 1.165) is 23.1 Å². The second-order valence-corrected chi connectivity index (χ2v) is 5.38. The Labute approximate surface area is 113 Å². The van der Waals surface area contributed by atoms with Crippen molar-refractivity contribution in [2.45, 2.75) is 33.0 Å². The Morgan fingerprint density at radius 2 is 2.21 bits per heavy atom. The predicted molar refractivity (Wildman–Crippen MR) is 69.9 cm³/mol. The van der Waals surface area contributed by atoms with E-state index >= 15 is 0 Å². The Morgan fingerprint density at radius 3 is 2.74 bits per heavy atom. The molecule has 3 N–H and O–H groups in total. The summed E-state index contributed by atoms with van der Waals surface area (Å²) in [5.41, 5.74) is 4.71. The normalized spacial score (nSPS) is 13.1. The molecular weight excluding hydrogens is 277 g/mol. The molecule has 0 saturated heterocycles. The van der Waals surface area contributed by atoms with Crippen LogP contribution in [-0.4, -0.2) is 17.5 Å². The Kier molecular flexibility index (Phi) is 5.59. The lowest BCUT2D eigenvalue weighted by atomic mass is 10.1. The molecule has 0 bridgehead atoms. The van der Waals surface area contributed by atoms with E-state index in [1.54, 1.807) is 0 Å². The molecule has 0 atom stereocenters. The van der Waals surface area contributed by atoms with Crippen LogP contribution in [0.1, 0.15) is 31.0 Å². The predicted octanol–water partition coefficient (Wildman–Crippen LogP) is 2.61. The number of nitrogens with two attached hydrogens (primary N) is 1. The van der Waals surface area contributed by atoms with Crippen LogP contribution in [0.3, 0.4) is 0 Å². The molecule has 4 nitrogen and oxygen atoms in total. The van der Waals surface area contributed by atoms with Gasteiger partial charge in [0.1, 0.15) is 5.01 Å². The molecule has 0 fully saturated rings. The summed E-state index contributed by atoms with van der Waals surface area (Å²) >= 11 is 0.926. The second kappa shape index (κ2) is 6.74. The average Bonchev–Trinajstić information content (AvgIpc) is 2.74. The van der Waals surface area contributed by atoms with Crippen molar-refractivity contribution in [2.75, 3.05) is 6.54 Å². The molecule has 0 aromatic carbocycles. The van der Waals surface area contributed by atoms with E-state index in [0.29, 0.717) is 17.5 Å². The quantitative estimate of drug-likeness (QED) is 0.648. The number of nitrogens with one attached hydrogen (secondary N) is 1. The average molecular weight is 294 g/mol. The van der Waals surface area contributed by atoms with Crippen molar-refractivity contribution in [2.24, 2.45) is 16.6 Å². The van der Waals surface area contributed by atoms with Crippen LogP contribution < -0.4 is 11.1 Å². The van der Waals surface area contributed by atoms with E-state index in [4.69, 9.17) is 5.73 Å². The number of halogens is 3. The van der Waals surface area contributed by atoms with Crippen molar-refractivity contribution in [1.29, 1.82) is 0 Å². The largest absolute Gasteiger partial charge is 0.434 e. The van der Waals surface area contributed by atoms with Gasteiger partial charge < -0.3 is 11.1 Å². The van der Waals surface area contributed by atoms with Gasteiger partial charge in [-0.1, -0.05) is 13.8 Å². The molecule has 8 heteroatoms. The lowest BCUT2D eigenvalue weighted by Crippen LogP contribution is -2.32. The first-order chi connectivity index (χ1) is 8.79. The van der Waals surface area contributed by atoms with Crippen LogP contribution >= 0.6 is 11.3 Å². The summed E-state index contributed by atoms with van der Waals surface area (Å²) < 4.78 is 36.9. The fourth-order valence-corrected chi connectivity index (χ4v) is 1.94. The molecule has 1 aromatic heterocycles. The lowest BCUT2D eigenvalue weighted by molar-refractivity contribution is -0.140. The molecule has 0 aliphatic carbocycles. The third-order valence-corrected chi connectivity index (χ3v) is 3.09. The van der Waals surface area contributed by atoms with E-state index in [1.807, 2.05) is 0 Å². The van der Waals surface area contributed by atoms with E-state index in [9.17, 15) is 13.2 Å². The van der Waals surface area contributed by atoms with E-state index < -0.39 is 11.9 Å². The molecule has 0 saturated carbocycles. The third kappa shape index (κ3) is 5.91. The molecular formula is C11H17F3N4S. The summed E-state index contributed by atoms with van der Waals surface area (Å²) in [5, 5.41) is 4.18. The number of hydrogen-bond acceptors (Lipinski definition) is 3. The molecule has 0 radical (unpaired) electrons. The van der Waals surface area contributed by atoms with Gasteiger partial charge in [-0.15, -0.1) is 11.3 Å². The Balaban J connectivity index is 2.45. The molecule has 19 heavy (non-hydrogen) atoms. The van der Waals surface area contributed by atoms with Gasteiger partial charge in [0.2, 0.25) is 0 Å². The minimum absolute atomic E-state index is 0.0568. The molecule has 1 aromatic rings. The van der Waals surface area contributed by atoms with E-state index in [2.05, 4.69) is 29.1 Å². The minimum atomic E-state index is -4.40. The Morgan fingerprint density at radius 1 is 1.53 bits per heavy atom. The topological polar surface area (TPSA) is 63.3 Å². The first kappa shape index (κ1) is 15.7. The molecule has 0 amide bonds. The van der Waals surface area contributed by atoms with Crippen LogP contribution in [0.15, 0.2) is 10.4 Å². The number of thiazole rings is 1. The zero-order valence-electron chi connectivity index (χ0n) is 10.8. The maximum atomic E-state index is 12.3. The highest BCUT2D eigenvalue weighted by molar-refractivity contribution is 7.09. The van der Waals surface area contributed by atoms with Crippen LogP contribution in [0.25, 0.3) is 0 Å². The zero-order valence-corrected chi connectivity index (χ0v) is 11.6. The molecule has 0 aliphatic heterocycles. The number of hydrogen-bond donors (Lipinski definition) is 2. The molecule has 0 spiro atoms. The summed E-state index contributed by atoms with van der Waals surface area (Å²) in [6, 6.07) is 0. The number of alkyl halides is 3. The van der Waals surface area contributed by atoms with Crippen LogP contribution in [-0.2, 0) is 12.7 Å². The maximum absolute atomic E-state index is 12.3. The highest BCUT2D eigenvalue weighted by Gasteiger charge is 2.33. The first-order valence-corrected chi connectivity index (χ1v) is 6.72. The van der Waals surface area contributed by atoms with E-state index in [1.165, 1.54) is 0 Å². The Bertz CT molecular complexity index is 426. The molecule has 108 valence electrons. The van der Waals surface area contributed by atoms with Gasteiger partial charge in [-0.3, -0.25) is 0 Å². The van der Waals surface area contributed by atoms with Crippen LogP contribution in [0.5, 0.6) is 0 Å². The van der Waals surface area contributed by atoms with Crippen molar-refractivity contribution in [3.63, 3.8) is 0 Å². The van der Waals surface area contributed by atoms with Crippen molar-refractivity contribution < 1.29 is 13.2 Å². The maximum Gasteiger partial charge on any atom is 0.434 e.